The first-order valence-corrected chi connectivity index (χ1v) is 44.3. The monoisotopic (exact) mass is 1840 g/mol. The van der Waals surface area contributed by atoms with Gasteiger partial charge in [-0.15, -0.1) is 0 Å². The Labute approximate surface area is 780 Å². The SMILES string of the molecule is C.C.C.C.C.C.C.C.C.C.C.C.C.C.CCC1CC(CC)C2C1C1CC2C(C)(C(=O)O)C1.CCC1CC(CC)C2C3CC(C(C)C3C(=O)O)C12.CCC1CC(CC)C2C3CC(CC3C(=O)O)C12.CCC1OC(CC)C(C(=O)O)C1C(=O)O.CCC1OC(CC)C(C(=O)O)C1C(=O)O.CCC1OC(CC)C(C(=O)O)C1COC.CCC1OC(CC)C(C(=O)OC)C1C(=O)O. The maximum Gasteiger partial charge on any atom is 0.312 e. The molecule has 764 valence electrons. The Morgan fingerprint density at radius 2 is 0.578 bits per heavy atom. The van der Waals surface area contributed by atoms with Crippen LogP contribution in [0.1, 0.15) is 356 Å². The van der Waals surface area contributed by atoms with Gasteiger partial charge in [0.25, 0.3) is 0 Å². The summed E-state index contributed by atoms with van der Waals surface area (Å²) in [7, 11) is 2.87. The van der Waals surface area contributed by atoms with Crippen LogP contribution in [-0.2, 0) is 76.4 Å². The lowest BCUT2D eigenvalue weighted by molar-refractivity contribution is -0.155. The lowest BCUT2D eigenvalue weighted by Crippen LogP contribution is -2.41. The number of hydrogen-bond acceptors (Lipinski definition) is 16. The highest BCUT2D eigenvalue weighted by Gasteiger charge is 2.67. The van der Waals surface area contributed by atoms with E-state index in [2.05, 4.69) is 53.2 Å². The summed E-state index contributed by atoms with van der Waals surface area (Å²) in [5.41, 5.74) is -0.415. The molecule has 25 nitrogen and oxygen atoms in total. The van der Waals surface area contributed by atoms with Crippen LogP contribution in [0.4, 0.5) is 0 Å². The molecule has 0 aromatic rings. The summed E-state index contributed by atoms with van der Waals surface area (Å²) in [5.74, 6) is 0.191. The minimum absolute atomic E-state index is 0. The first kappa shape index (κ1) is 138. The molecule has 0 spiro atoms. The minimum Gasteiger partial charge on any atom is -0.481 e. The zero-order valence-electron chi connectivity index (χ0n) is 71.7. The van der Waals surface area contributed by atoms with Crippen molar-refractivity contribution < 1.29 is 122 Å². The van der Waals surface area contributed by atoms with Crippen LogP contribution in [0.25, 0.3) is 0 Å². The second-order valence-electron chi connectivity index (χ2n) is 36.3. The summed E-state index contributed by atoms with van der Waals surface area (Å²) in [6, 6.07) is 0. The van der Waals surface area contributed by atoms with Crippen molar-refractivity contribution in [3.8, 4) is 0 Å². The van der Waals surface area contributed by atoms with E-state index in [4.69, 9.17) is 49.2 Å². The molecule has 13 rings (SSSR count). The number of hydrogen-bond donors (Lipinski definition) is 9. The Hall–Kier alpha value is -5.50. The molecule has 13 aliphatic rings. The van der Waals surface area contributed by atoms with Crippen LogP contribution in [0.3, 0.4) is 0 Å². The average Bonchev–Trinajstić information content (AvgIpc) is 1.53. The van der Waals surface area contributed by atoms with Crippen LogP contribution >= 0.6 is 0 Å². The fourth-order valence-electron chi connectivity index (χ4n) is 26.9. The van der Waals surface area contributed by atoms with E-state index >= 15 is 0 Å². The summed E-state index contributed by atoms with van der Waals surface area (Å²) in [5, 5.41) is 82.8. The van der Waals surface area contributed by atoms with Crippen molar-refractivity contribution in [1.82, 2.24) is 0 Å². The van der Waals surface area contributed by atoms with E-state index in [9.17, 15) is 68.4 Å². The first-order valence-electron chi connectivity index (χ1n) is 44.3. The Bertz CT molecular complexity index is 3110. The summed E-state index contributed by atoms with van der Waals surface area (Å²) >= 11 is 0. The molecular formula is C103H202O25. The van der Waals surface area contributed by atoms with Gasteiger partial charge in [0.2, 0.25) is 0 Å². The van der Waals surface area contributed by atoms with E-state index in [1.54, 1.807) is 34.8 Å². The van der Waals surface area contributed by atoms with E-state index in [1.807, 2.05) is 34.6 Å². The van der Waals surface area contributed by atoms with Gasteiger partial charge in [-0.1, -0.05) is 246 Å². The lowest BCUT2D eigenvalue weighted by atomic mass is 9.63. The number of carboxylic acids is 9. The van der Waals surface area contributed by atoms with Crippen LogP contribution in [0.2, 0.25) is 0 Å². The van der Waals surface area contributed by atoms with Crippen LogP contribution in [0.15, 0.2) is 0 Å². The molecule has 6 bridgehead atoms. The van der Waals surface area contributed by atoms with E-state index in [0.29, 0.717) is 80.6 Å². The van der Waals surface area contributed by atoms with Gasteiger partial charge in [-0.25, -0.2) is 0 Å². The third kappa shape index (κ3) is 27.9. The Morgan fingerprint density at radius 1 is 0.297 bits per heavy atom. The van der Waals surface area contributed by atoms with Gasteiger partial charge in [0.15, 0.2) is 0 Å². The van der Waals surface area contributed by atoms with E-state index < -0.39 is 137 Å². The number of carbonyl (C=O) groups excluding carboxylic acids is 1. The maximum absolute atomic E-state index is 11.6. The molecule has 4 saturated heterocycles. The van der Waals surface area contributed by atoms with Crippen LogP contribution in [0, 0.1) is 177 Å². The fraction of sp³-hybridized carbons (Fsp3) is 0.903. The van der Waals surface area contributed by atoms with Crippen molar-refractivity contribution in [3.05, 3.63) is 0 Å². The molecule has 25 heteroatoms. The fourth-order valence-corrected chi connectivity index (χ4v) is 26.9. The Kier molecular flexibility index (Phi) is 65.4. The van der Waals surface area contributed by atoms with E-state index in [-0.39, 0.29) is 140 Å². The molecule has 13 fully saturated rings. The normalized spacial score (nSPS) is 38.7. The van der Waals surface area contributed by atoms with Crippen molar-refractivity contribution in [3.63, 3.8) is 0 Å². The molecule has 38 atom stereocenters. The smallest absolute Gasteiger partial charge is 0.312 e. The highest BCUT2D eigenvalue weighted by Crippen LogP contribution is 2.71. The number of carbonyl (C=O) groups is 10. The second-order valence-corrected chi connectivity index (χ2v) is 36.3. The molecule has 0 aromatic heterocycles. The number of rotatable bonds is 26. The zero-order chi connectivity index (χ0) is 85.1. The number of methoxy groups -OCH3 is 2. The molecule has 128 heavy (non-hydrogen) atoms. The van der Waals surface area contributed by atoms with Crippen molar-refractivity contribution in [2.75, 3.05) is 20.8 Å². The van der Waals surface area contributed by atoms with Gasteiger partial charge in [-0.05, 0) is 222 Å². The quantitative estimate of drug-likeness (QED) is 0.0363. The number of ether oxygens (including phenoxy) is 6. The van der Waals surface area contributed by atoms with Gasteiger partial charge in [0.05, 0.1) is 121 Å². The van der Waals surface area contributed by atoms with E-state index in [1.165, 1.54) is 84.2 Å². The molecule has 9 aliphatic carbocycles. The number of aliphatic carboxylic acids is 9. The van der Waals surface area contributed by atoms with Gasteiger partial charge in [-0.2, -0.15) is 0 Å². The van der Waals surface area contributed by atoms with Gasteiger partial charge in [0, 0.05) is 13.0 Å². The predicted octanol–water partition coefficient (Wildman–Crippen LogP) is 24.3. The van der Waals surface area contributed by atoms with Crippen molar-refractivity contribution in [2.45, 2.75) is 405 Å². The molecule has 0 amide bonds. The Morgan fingerprint density at radius 3 is 0.875 bits per heavy atom. The number of carboxylic acid groups (broad SMARTS) is 9. The van der Waals surface area contributed by atoms with E-state index in [0.717, 1.165) is 103 Å². The predicted molar refractivity (Wildman–Crippen MR) is 517 cm³/mol. The third-order valence-electron chi connectivity index (χ3n) is 31.7. The molecular weight excluding hydrogens is 1640 g/mol. The molecule has 9 saturated carbocycles. The molecule has 4 aliphatic heterocycles. The highest BCUT2D eigenvalue weighted by molar-refractivity contribution is 5.84. The second kappa shape index (κ2) is 60.7. The van der Waals surface area contributed by atoms with Gasteiger partial charge < -0.3 is 74.4 Å². The van der Waals surface area contributed by atoms with Gasteiger partial charge >= 0.3 is 59.7 Å². The molecule has 38 unspecified atom stereocenters. The Balaban J connectivity index is -0.000000215. The third-order valence-corrected chi connectivity index (χ3v) is 31.7. The standard InChI is InChI=1S/2C16H26O2.C15H24O2.C11H18O5.C11H20O4.2C10H16O5.14CH4/c1-4-9-6-10(5-2)14-12-7-11(13(9)14)8-16(12,3)15(17)18;1-4-9-6-10(5-2)15-12-7-11(14(9)15)8(3)13(12)16(17)18;1-3-8-5-9(4-2)14-11-6-10(13(8)14)7-12(11)15(16)17;1-4-6-8(10(12)13)9(11(14)15-3)7(5-2)16-6;1-4-8-7(6-14-3)10(11(12)13)9(5-2)15-8;2*1-3-5-7(9(11)12)8(10(13)14)6(4-2)15-5;;;;;;;;;;;;;;/h9-14H,4-8H2,1-3H3,(H,17,18);8-15H,4-7H2,1-3H3,(H,17,18);8-14H,3-7H2,1-2H3,(H,16,17);6-9H,4-5H2,1-3H3,(H,12,13);7-10H,4-6H2,1-3H3,(H,12,13);2*5-8H,3-4H2,1-2H3,(H,11,12)(H,13,14);14*1H4. The van der Waals surface area contributed by atoms with Gasteiger partial charge in [0.1, 0.15) is 0 Å². The number of fused-ring (bicyclic) bond motifs is 15. The lowest BCUT2D eigenvalue weighted by Gasteiger charge is -2.40. The van der Waals surface area contributed by atoms with Crippen molar-refractivity contribution in [1.29, 1.82) is 0 Å². The summed E-state index contributed by atoms with van der Waals surface area (Å²) < 4.78 is 32.0. The minimum atomic E-state index is -1.08. The summed E-state index contributed by atoms with van der Waals surface area (Å²) in [6.45, 7) is 33.4. The maximum atomic E-state index is 11.6. The molecule has 9 N–H and O–H groups in total. The number of esters is 1. The summed E-state index contributed by atoms with van der Waals surface area (Å²) in [4.78, 5) is 112. The average molecular weight is 1840 g/mol. The largest absolute Gasteiger partial charge is 0.481 e. The highest BCUT2D eigenvalue weighted by atomic mass is 16.5. The summed E-state index contributed by atoms with van der Waals surface area (Å²) in [6.07, 6.45) is 19.4. The molecule has 0 aromatic carbocycles. The van der Waals surface area contributed by atoms with Crippen LogP contribution in [0.5, 0.6) is 0 Å². The zero-order valence-corrected chi connectivity index (χ0v) is 71.7. The van der Waals surface area contributed by atoms with Crippen molar-refractivity contribution in [2.24, 2.45) is 177 Å². The molecule has 0 radical (unpaired) electrons. The van der Waals surface area contributed by atoms with Crippen LogP contribution in [-0.4, -0.2) is 175 Å². The van der Waals surface area contributed by atoms with Crippen molar-refractivity contribution >= 4 is 59.7 Å². The molecule has 4 heterocycles. The first-order chi connectivity index (χ1) is 54.0. The topological polar surface area (TPSA) is 408 Å². The van der Waals surface area contributed by atoms with Gasteiger partial charge in [-0.3, -0.25) is 47.9 Å². The van der Waals surface area contributed by atoms with Crippen LogP contribution < -0.4 is 0 Å².